The van der Waals surface area contributed by atoms with Crippen molar-refractivity contribution in [1.29, 1.82) is 0 Å². The van der Waals surface area contributed by atoms with E-state index >= 15 is 0 Å². The van der Waals surface area contributed by atoms with Crippen LogP contribution >= 0.6 is 23.4 Å². The molecule has 0 saturated carbocycles. The van der Waals surface area contributed by atoms with E-state index in [2.05, 4.69) is 5.32 Å². The van der Waals surface area contributed by atoms with E-state index in [0.29, 0.717) is 27.1 Å². The average Bonchev–Trinajstić information content (AvgIpc) is 3.19. The molecule has 0 unspecified atom stereocenters. The normalized spacial score (nSPS) is 17.3. The number of hydrogen-bond acceptors (Lipinski definition) is 6. The molecule has 2 heterocycles. The number of amides is 2. The Kier molecular flexibility index (Phi) is 4.48. The molecule has 1 saturated heterocycles. The summed E-state index contributed by atoms with van der Waals surface area (Å²) in [5, 5.41) is 3.20. The maximum Gasteiger partial charge on any atom is 0.295 e. The average molecular weight is 389 g/mol. The minimum Gasteiger partial charge on any atom is -0.454 e. The monoisotopic (exact) mass is 388 g/mol. The Morgan fingerprint density at radius 2 is 1.96 bits per heavy atom. The predicted octanol–water partition coefficient (Wildman–Crippen LogP) is 4.17. The number of rotatable bonds is 4. The number of hydrogen-bond donors (Lipinski definition) is 1. The maximum atomic E-state index is 12.5. The van der Waals surface area contributed by atoms with Gasteiger partial charge in [0.05, 0.1) is 22.3 Å². The van der Waals surface area contributed by atoms with E-state index in [0.717, 1.165) is 22.2 Å². The van der Waals surface area contributed by atoms with Crippen LogP contribution < -0.4 is 14.8 Å². The van der Waals surface area contributed by atoms with Crippen LogP contribution in [0.2, 0.25) is 5.02 Å². The molecule has 6 nitrogen and oxygen atoms in total. The zero-order valence-electron chi connectivity index (χ0n) is 13.4. The highest BCUT2D eigenvalue weighted by Crippen LogP contribution is 2.36. The first kappa shape index (κ1) is 16.8. The van der Waals surface area contributed by atoms with Crippen molar-refractivity contribution in [2.75, 3.05) is 18.8 Å². The molecule has 0 atom stereocenters. The van der Waals surface area contributed by atoms with Gasteiger partial charge in [0.15, 0.2) is 11.5 Å². The summed E-state index contributed by atoms with van der Waals surface area (Å²) in [6, 6.07) is 12.5. The highest BCUT2D eigenvalue weighted by molar-refractivity contribution is 8.18. The standard InChI is InChI=1S/C18H13ClN2O4S/c19-12-3-1-2-4-13(12)20-9-21-17(22)16(26-18(21)23)8-11-5-6-14-15(7-11)25-10-24-14/h1-8,20H,9-10H2/b16-8+. The van der Waals surface area contributed by atoms with Crippen molar-refractivity contribution in [3.8, 4) is 11.5 Å². The van der Waals surface area contributed by atoms with Crippen LogP contribution in [0.5, 0.6) is 11.5 Å². The van der Waals surface area contributed by atoms with Gasteiger partial charge in [0.1, 0.15) is 0 Å². The number of ether oxygens (including phenoxy) is 2. The van der Waals surface area contributed by atoms with E-state index in [4.69, 9.17) is 21.1 Å². The van der Waals surface area contributed by atoms with Gasteiger partial charge < -0.3 is 14.8 Å². The lowest BCUT2D eigenvalue weighted by Gasteiger charge is -2.15. The summed E-state index contributed by atoms with van der Waals surface area (Å²) < 4.78 is 10.6. The van der Waals surface area contributed by atoms with E-state index in [1.807, 2.05) is 18.2 Å². The summed E-state index contributed by atoms with van der Waals surface area (Å²) >= 11 is 6.98. The first-order chi connectivity index (χ1) is 12.6. The zero-order chi connectivity index (χ0) is 18.1. The van der Waals surface area contributed by atoms with Crippen molar-refractivity contribution in [3.63, 3.8) is 0 Å². The molecule has 0 bridgehead atoms. The van der Waals surface area contributed by atoms with Crippen LogP contribution in [0.4, 0.5) is 10.5 Å². The SMILES string of the molecule is O=C1S/C(=C/c2ccc3c(c2)OCO3)C(=O)N1CNc1ccccc1Cl. The number of halogens is 1. The molecule has 0 radical (unpaired) electrons. The van der Waals surface area contributed by atoms with Crippen LogP contribution in [0.3, 0.4) is 0 Å². The fraction of sp³-hybridized carbons (Fsp3) is 0.111. The molecule has 132 valence electrons. The number of fused-ring (bicyclic) bond motifs is 1. The lowest BCUT2D eigenvalue weighted by molar-refractivity contribution is -0.122. The Morgan fingerprint density at radius 3 is 2.81 bits per heavy atom. The topological polar surface area (TPSA) is 67.9 Å². The van der Waals surface area contributed by atoms with Gasteiger partial charge in [-0.25, -0.2) is 0 Å². The molecule has 26 heavy (non-hydrogen) atoms. The Labute approximate surface area is 158 Å². The first-order valence-electron chi connectivity index (χ1n) is 7.75. The summed E-state index contributed by atoms with van der Waals surface area (Å²) in [6.07, 6.45) is 1.67. The molecule has 1 N–H and O–H groups in total. The van der Waals surface area contributed by atoms with Crippen LogP contribution in [0, 0.1) is 0 Å². The van der Waals surface area contributed by atoms with Gasteiger partial charge in [-0.1, -0.05) is 29.8 Å². The van der Waals surface area contributed by atoms with Crippen molar-refractivity contribution in [1.82, 2.24) is 4.90 Å². The van der Waals surface area contributed by atoms with E-state index in [1.165, 1.54) is 0 Å². The van der Waals surface area contributed by atoms with Crippen LogP contribution in [-0.4, -0.2) is 29.5 Å². The number of para-hydroxylation sites is 1. The minimum absolute atomic E-state index is 0.0485. The van der Waals surface area contributed by atoms with Gasteiger partial charge in [0.2, 0.25) is 6.79 Å². The molecular weight excluding hydrogens is 376 g/mol. The molecule has 1 fully saturated rings. The van der Waals surface area contributed by atoms with Gasteiger partial charge in [-0.2, -0.15) is 0 Å². The molecule has 2 amide bonds. The minimum atomic E-state index is -0.350. The fourth-order valence-electron chi connectivity index (χ4n) is 2.56. The summed E-state index contributed by atoms with van der Waals surface area (Å²) in [5.74, 6) is 0.940. The third-order valence-corrected chi connectivity index (χ3v) is 5.11. The number of carbonyl (C=O) groups is 2. The molecule has 2 aliphatic heterocycles. The van der Waals surface area contributed by atoms with Gasteiger partial charge in [0.25, 0.3) is 11.1 Å². The zero-order valence-corrected chi connectivity index (χ0v) is 15.0. The Morgan fingerprint density at radius 1 is 1.15 bits per heavy atom. The van der Waals surface area contributed by atoms with E-state index in [-0.39, 0.29) is 24.6 Å². The van der Waals surface area contributed by atoms with E-state index in [1.54, 1.807) is 30.3 Å². The largest absolute Gasteiger partial charge is 0.454 e. The molecule has 0 aromatic heterocycles. The summed E-state index contributed by atoms with van der Waals surface area (Å²) in [7, 11) is 0. The molecule has 2 aromatic rings. The van der Waals surface area contributed by atoms with Crippen molar-refractivity contribution in [2.45, 2.75) is 0 Å². The van der Waals surface area contributed by atoms with Crippen LogP contribution in [0.15, 0.2) is 47.4 Å². The fourth-order valence-corrected chi connectivity index (χ4v) is 3.60. The van der Waals surface area contributed by atoms with Crippen LogP contribution in [0.25, 0.3) is 6.08 Å². The highest BCUT2D eigenvalue weighted by Gasteiger charge is 2.35. The van der Waals surface area contributed by atoms with Crippen molar-refractivity contribution >= 4 is 46.3 Å². The van der Waals surface area contributed by atoms with E-state index in [9.17, 15) is 9.59 Å². The number of thioether (sulfide) groups is 1. The number of nitrogens with one attached hydrogen (secondary N) is 1. The summed E-state index contributed by atoms with van der Waals surface area (Å²) in [4.78, 5) is 26.2. The predicted molar refractivity (Wildman–Crippen MR) is 100 cm³/mol. The second-order valence-electron chi connectivity index (χ2n) is 5.54. The van der Waals surface area contributed by atoms with Gasteiger partial charge in [-0.15, -0.1) is 0 Å². The first-order valence-corrected chi connectivity index (χ1v) is 8.95. The molecule has 2 aliphatic rings. The van der Waals surface area contributed by atoms with Crippen LogP contribution in [-0.2, 0) is 4.79 Å². The van der Waals surface area contributed by atoms with Crippen molar-refractivity contribution in [2.24, 2.45) is 0 Å². The maximum absolute atomic E-state index is 12.5. The molecular formula is C18H13ClN2O4S. The number of benzene rings is 2. The lowest BCUT2D eigenvalue weighted by atomic mass is 10.2. The quantitative estimate of drug-likeness (QED) is 0.793. The third kappa shape index (κ3) is 3.23. The Balaban J connectivity index is 1.49. The molecule has 8 heteroatoms. The number of anilines is 1. The third-order valence-electron chi connectivity index (χ3n) is 3.87. The van der Waals surface area contributed by atoms with Crippen molar-refractivity contribution < 1.29 is 19.1 Å². The number of imide groups is 1. The Bertz CT molecular complexity index is 931. The number of nitrogens with zero attached hydrogens (tertiary/aromatic N) is 1. The molecule has 0 spiro atoms. The second kappa shape index (κ2) is 6.93. The number of carbonyl (C=O) groups excluding carboxylic acids is 2. The molecule has 0 aliphatic carbocycles. The summed E-state index contributed by atoms with van der Waals surface area (Å²) in [6.45, 7) is 0.232. The van der Waals surface area contributed by atoms with E-state index < -0.39 is 0 Å². The van der Waals surface area contributed by atoms with Gasteiger partial charge in [0, 0.05) is 0 Å². The van der Waals surface area contributed by atoms with Gasteiger partial charge in [-0.05, 0) is 47.7 Å². The van der Waals surface area contributed by atoms with Gasteiger partial charge >= 0.3 is 0 Å². The van der Waals surface area contributed by atoms with Crippen LogP contribution in [0.1, 0.15) is 5.56 Å². The van der Waals surface area contributed by atoms with Crippen molar-refractivity contribution in [3.05, 3.63) is 58.0 Å². The van der Waals surface area contributed by atoms with Gasteiger partial charge in [-0.3, -0.25) is 14.5 Å². The Hall–Kier alpha value is -2.64. The lowest BCUT2D eigenvalue weighted by Crippen LogP contribution is -2.33. The smallest absolute Gasteiger partial charge is 0.295 e. The molecule has 4 rings (SSSR count). The molecule has 2 aromatic carbocycles. The highest BCUT2D eigenvalue weighted by atomic mass is 35.5. The second-order valence-corrected chi connectivity index (χ2v) is 6.94. The summed E-state index contributed by atoms with van der Waals surface area (Å²) in [5.41, 5.74) is 1.42.